The molecule has 0 unspecified atom stereocenters. The van der Waals surface area contributed by atoms with E-state index in [0.29, 0.717) is 84.9 Å². The zero-order valence-electron chi connectivity index (χ0n) is 86.0. The lowest BCUT2D eigenvalue weighted by Crippen LogP contribution is -2.38. The van der Waals surface area contributed by atoms with Gasteiger partial charge >= 0.3 is 0 Å². The van der Waals surface area contributed by atoms with Gasteiger partial charge < -0.3 is 42.8 Å². The van der Waals surface area contributed by atoms with E-state index >= 15 is 0 Å². The highest BCUT2D eigenvalue weighted by Crippen LogP contribution is 2.36. The minimum absolute atomic E-state index is 0. The Balaban J connectivity index is 0.00000146. The number of pyridine rings is 4. The molecule has 11 aromatic rings. The van der Waals surface area contributed by atoms with E-state index in [-0.39, 0.29) is 27.0 Å². The summed E-state index contributed by atoms with van der Waals surface area (Å²) in [5.74, 6) is 12.6. The number of nitriles is 1. The lowest BCUT2D eigenvalue weighted by Gasteiger charge is -2.26. The normalized spacial score (nSPS) is 11.6. The first-order chi connectivity index (χ1) is 63.5. The summed E-state index contributed by atoms with van der Waals surface area (Å²) in [5, 5.41) is 17.9. The topological polar surface area (TPSA) is 198 Å². The van der Waals surface area contributed by atoms with Gasteiger partial charge in [0.1, 0.15) is 54.9 Å². The van der Waals surface area contributed by atoms with E-state index in [9.17, 15) is 4.79 Å². The second kappa shape index (κ2) is 73.7. The second-order valence-corrected chi connectivity index (χ2v) is 36.6. The summed E-state index contributed by atoms with van der Waals surface area (Å²) in [5.41, 5.74) is 14.7. The van der Waals surface area contributed by atoms with Gasteiger partial charge in [-0.3, -0.25) is 24.6 Å². The number of ether oxygens (including phenoxy) is 7. The summed E-state index contributed by atoms with van der Waals surface area (Å²) in [6, 6.07) is 68.1. The highest BCUT2D eigenvalue weighted by molar-refractivity contribution is 6.30. The molecule has 18 heteroatoms. The number of hydrogen-bond acceptors (Lipinski definition) is 16. The maximum absolute atomic E-state index is 11.2. The number of hydrogen-bond donors (Lipinski definition) is 1. The molecular formula is C117H173ClN8O9. The van der Waals surface area contributed by atoms with Gasteiger partial charge in [-0.1, -0.05) is 278 Å². The first-order valence-corrected chi connectivity index (χ1v) is 48.1. The maximum atomic E-state index is 11.2. The van der Waals surface area contributed by atoms with Crippen LogP contribution in [0.15, 0.2) is 255 Å². The molecule has 2 fully saturated rings. The van der Waals surface area contributed by atoms with Crippen LogP contribution in [0.3, 0.4) is 0 Å². The first kappa shape index (κ1) is 124. The van der Waals surface area contributed by atoms with Crippen molar-refractivity contribution in [3.63, 3.8) is 0 Å². The zero-order valence-corrected chi connectivity index (χ0v) is 86.8. The lowest BCUT2D eigenvalue weighted by molar-refractivity contribution is 0.0322. The van der Waals surface area contributed by atoms with Gasteiger partial charge in [-0.2, -0.15) is 5.26 Å². The zero-order chi connectivity index (χ0) is 99.0. The van der Waals surface area contributed by atoms with Crippen molar-refractivity contribution in [1.82, 2.24) is 34.4 Å². The highest BCUT2D eigenvalue weighted by Gasteiger charge is 2.24. The van der Waals surface area contributed by atoms with Crippen molar-refractivity contribution < 1.29 is 38.3 Å². The lowest BCUT2D eigenvalue weighted by atomic mass is 10.0. The monoisotopic (exact) mass is 1870 g/mol. The molecular weight excluding hydrogens is 1700 g/mol. The number of benzene rings is 6. The number of aromatic nitrogens is 6. The van der Waals surface area contributed by atoms with Gasteiger partial charge in [-0.15, -0.1) is 0 Å². The van der Waals surface area contributed by atoms with Gasteiger partial charge in [0, 0.05) is 105 Å². The molecule has 5 aromatic heterocycles. The molecule has 0 amide bonds. The van der Waals surface area contributed by atoms with Crippen LogP contribution >= 0.6 is 11.6 Å². The molecule has 2 aliphatic rings. The van der Waals surface area contributed by atoms with E-state index in [0.717, 1.165) is 114 Å². The average molecular weight is 1870 g/mol. The molecule has 13 rings (SSSR count). The van der Waals surface area contributed by atoms with Crippen molar-refractivity contribution in [3.05, 3.63) is 332 Å². The van der Waals surface area contributed by atoms with E-state index in [1.165, 1.54) is 57.3 Å². The quantitative estimate of drug-likeness (QED) is 0.0502. The predicted octanol–water partition coefficient (Wildman–Crippen LogP) is 30.0. The minimum atomic E-state index is 0. The summed E-state index contributed by atoms with van der Waals surface area (Å²) < 4.78 is 38.6. The van der Waals surface area contributed by atoms with Crippen LogP contribution in [0, 0.1) is 23.2 Å². The molecule has 0 atom stereocenters. The maximum Gasteiger partial charge on any atom is 0.250 e. The number of morpholine rings is 1. The number of rotatable bonds is 26. The molecule has 1 aliphatic carbocycles. The summed E-state index contributed by atoms with van der Waals surface area (Å²) in [4.78, 5) is 33.6. The van der Waals surface area contributed by atoms with Crippen LogP contribution in [-0.4, -0.2) is 127 Å². The fourth-order valence-corrected chi connectivity index (χ4v) is 12.4. The standard InChI is InChI=1S/C15H23NO2.C12H18O2.C11H16O2.C10H15NO.C10H11N.C10H14O.C9H11Cl.C9H13NO.2C8H11N.C7H10N2.C6H12.2CH4/c1-13(2)14-3-5-15(6-4-14)18-12-9-16-7-10-17-11-8-16;1-10(2)11-4-6-12(7-5-11)14-9-8-13-3;1-9(2)10-3-5-11(6-4-10)13-8-7-12;1-4-11-7-9(8(2)3)5-6-10(11)12;1-8(2)10-5-3-9(7-11)4-6-10;1-8(2)9-4-6-10(11-3)7-5-9;1-7(2)8-4-3-5-9(10)6-8;1-7(2)8-6-10-5-4-9(8)11-3;1-7(2)8-3-5-9-6-4-8;1-7(2)8-5-3-4-6-9-8;1-6(2)7-3-4-8-5-9-7;1-5(2)6-3-4-6;;/h3-6,13H,7-12H2,1-2H3;4-7,10H,8-9H2,1-3H3;3-6,9,12H,7-8H2,1-2H3;5-8H,4H2,1-3H3;3-6,8H,1-2H3;4-8H,1-3H3;3-7H,1-2H3;4-7H,1-3H3;2*3-7H,1-2H3;3-6H,1-2H3;5-6H,3-4H2,1-2H3;2*1H4. The molecule has 0 bridgehead atoms. The van der Waals surface area contributed by atoms with Crippen LogP contribution in [0.5, 0.6) is 28.7 Å². The van der Waals surface area contributed by atoms with E-state index < -0.39 is 0 Å². The number of halogens is 1. The average Bonchev–Trinajstić information content (AvgIpc) is 1.82. The Morgan fingerprint density at radius 3 is 1.19 bits per heavy atom. The van der Waals surface area contributed by atoms with Gasteiger partial charge in [0.15, 0.2) is 0 Å². The van der Waals surface area contributed by atoms with E-state index in [1.54, 1.807) is 50.7 Å². The molecule has 0 spiro atoms. The van der Waals surface area contributed by atoms with Gasteiger partial charge in [-0.05, 0) is 250 Å². The van der Waals surface area contributed by atoms with Crippen LogP contribution in [0.1, 0.15) is 333 Å². The molecule has 1 saturated heterocycles. The van der Waals surface area contributed by atoms with E-state index in [1.807, 2.05) is 165 Å². The summed E-state index contributed by atoms with van der Waals surface area (Å²) >= 11 is 5.79. The van der Waals surface area contributed by atoms with Crippen molar-refractivity contribution in [1.29, 1.82) is 5.26 Å². The smallest absolute Gasteiger partial charge is 0.250 e. The Kier molecular flexibility index (Phi) is 67.9. The third-order valence-electron chi connectivity index (χ3n) is 21.4. The molecule has 6 aromatic carbocycles. The fourth-order valence-electron chi connectivity index (χ4n) is 12.2. The third-order valence-corrected chi connectivity index (χ3v) is 21.7. The van der Waals surface area contributed by atoms with Gasteiger partial charge in [-0.25, -0.2) is 9.97 Å². The van der Waals surface area contributed by atoms with Crippen molar-refractivity contribution in [3.8, 4) is 34.8 Å². The van der Waals surface area contributed by atoms with Gasteiger partial charge in [0.2, 0.25) is 0 Å². The largest absolute Gasteiger partial charge is 0.497 e. The van der Waals surface area contributed by atoms with Crippen molar-refractivity contribution in [2.24, 2.45) is 11.8 Å². The van der Waals surface area contributed by atoms with E-state index in [4.69, 9.17) is 55.1 Å². The van der Waals surface area contributed by atoms with Crippen molar-refractivity contribution in [2.45, 2.75) is 272 Å². The Bertz CT molecular complexity index is 4680. The molecule has 742 valence electrons. The van der Waals surface area contributed by atoms with Crippen LogP contribution in [-0.2, 0) is 16.0 Å². The van der Waals surface area contributed by atoms with Crippen molar-refractivity contribution >= 4 is 11.6 Å². The molecule has 17 nitrogen and oxygen atoms in total. The fraction of sp³-hybridized carbons (Fsp3) is 0.479. The SMILES string of the molecule is C.C.CC(C)C1CC1.CC(C)c1ccc(C#N)cc1.CC(C)c1ccc(OCCN2CCOCC2)cc1.CC(C)c1ccc(OCCO)cc1.CC(C)c1cccc(Cl)c1.CC(C)c1ccccn1.CC(C)c1ccncc1.CC(C)c1ccncn1.CCn1cc(C(C)C)ccc1=O.COCCOc1ccc(C(C)C)cc1.COc1ccc(C(C)C)cc1.COc1ccncc1C(C)C. The summed E-state index contributed by atoms with van der Waals surface area (Å²) in [6.45, 7) is 61.9. The summed E-state index contributed by atoms with van der Waals surface area (Å²) in [6.07, 6.45) is 17.4. The molecule has 1 aliphatic heterocycles. The predicted molar refractivity (Wildman–Crippen MR) is 571 cm³/mol. The van der Waals surface area contributed by atoms with Crippen LogP contribution in [0.25, 0.3) is 0 Å². The number of aliphatic hydroxyl groups excluding tert-OH is 1. The second-order valence-electron chi connectivity index (χ2n) is 36.1. The minimum Gasteiger partial charge on any atom is -0.497 e. The van der Waals surface area contributed by atoms with Crippen LogP contribution < -0.4 is 29.2 Å². The van der Waals surface area contributed by atoms with Crippen molar-refractivity contribution in [2.75, 3.05) is 87.2 Å². The molecule has 1 saturated carbocycles. The Hall–Kier alpha value is -10.6. The number of aryl methyl sites for hydroxylation is 1. The summed E-state index contributed by atoms with van der Waals surface area (Å²) in [7, 11) is 5.04. The van der Waals surface area contributed by atoms with Gasteiger partial charge in [0.25, 0.3) is 5.56 Å². The highest BCUT2D eigenvalue weighted by atomic mass is 35.5. The van der Waals surface area contributed by atoms with E-state index in [2.05, 4.69) is 269 Å². The molecule has 1 N–H and O–H groups in total. The molecule has 0 radical (unpaired) electrons. The Morgan fingerprint density at radius 1 is 0.430 bits per heavy atom. The van der Waals surface area contributed by atoms with Crippen LogP contribution in [0.4, 0.5) is 0 Å². The number of methoxy groups -OCH3 is 3. The van der Waals surface area contributed by atoms with Gasteiger partial charge in [0.05, 0.1) is 52.3 Å². The Morgan fingerprint density at radius 2 is 0.859 bits per heavy atom. The first-order valence-electron chi connectivity index (χ1n) is 47.8. The Labute approximate surface area is 823 Å². The molecule has 6 heterocycles. The number of aliphatic hydroxyl groups is 1. The molecule has 135 heavy (non-hydrogen) atoms. The van der Waals surface area contributed by atoms with Crippen LogP contribution in [0.2, 0.25) is 5.02 Å². The number of nitrogens with zero attached hydrogens (tertiary/aromatic N) is 8. The third kappa shape index (κ3) is 56.5.